The Morgan fingerprint density at radius 3 is 3.05 bits per heavy atom. The van der Waals surface area contributed by atoms with E-state index in [-0.39, 0.29) is 5.54 Å². The van der Waals surface area contributed by atoms with E-state index in [1.54, 1.807) is 0 Å². The molecular weight excluding hydrogens is 252 g/mol. The van der Waals surface area contributed by atoms with Crippen molar-refractivity contribution in [2.75, 3.05) is 13.1 Å². The van der Waals surface area contributed by atoms with Gasteiger partial charge in [0.15, 0.2) is 0 Å². The molecule has 3 atom stereocenters. The van der Waals surface area contributed by atoms with Crippen molar-refractivity contribution in [1.82, 2.24) is 9.80 Å². The van der Waals surface area contributed by atoms with Crippen molar-refractivity contribution >= 4 is 5.91 Å². The minimum absolute atomic E-state index is 0.166. The third-order valence-electron chi connectivity index (χ3n) is 5.54. The molecule has 20 heavy (non-hydrogen) atoms. The molecule has 0 radical (unpaired) electrons. The molecule has 1 aromatic rings. The van der Waals surface area contributed by atoms with Crippen molar-refractivity contribution in [3.8, 4) is 0 Å². The van der Waals surface area contributed by atoms with E-state index in [0.717, 1.165) is 31.0 Å². The van der Waals surface area contributed by atoms with Crippen molar-refractivity contribution in [1.29, 1.82) is 0 Å². The first-order valence-electron chi connectivity index (χ1n) is 7.73. The van der Waals surface area contributed by atoms with Crippen LogP contribution in [0.1, 0.15) is 37.7 Å². The number of carbonyl (C=O) groups is 1. The molecule has 4 nitrogen and oxygen atoms in total. The molecule has 4 rings (SSSR count). The molecule has 0 unspecified atom stereocenters. The fraction of sp³-hybridized carbons (Fsp3) is 0.688. The monoisotopic (exact) mass is 274 g/mol. The van der Waals surface area contributed by atoms with Gasteiger partial charge >= 0.3 is 0 Å². The van der Waals surface area contributed by atoms with Crippen LogP contribution in [0.4, 0.5) is 0 Å². The van der Waals surface area contributed by atoms with Crippen molar-refractivity contribution in [2.45, 2.75) is 51.2 Å². The highest BCUT2D eigenvalue weighted by atomic mass is 16.3. The lowest BCUT2D eigenvalue weighted by atomic mass is 9.86. The standard InChI is InChI=1S/C16H22N2O2/c1-11-8-13-9-17(10-14-5-4-12(2)20-14)15(19)16(13)6-3-7-18(11)16/h4-5,11,13H,3,6-10H2,1-2H3/t11-,13+,16+/m1/s1. The molecule has 108 valence electrons. The van der Waals surface area contributed by atoms with Crippen molar-refractivity contribution in [2.24, 2.45) is 5.92 Å². The maximum Gasteiger partial charge on any atom is 0.243 e. The van der Waals surface area contributed by atoms with E-state index in [0.29, 0.717) is 24.4 Å². The Bertz CT molecular complexity index is 552. The van der Waals surface area contributed by atoms with Crippen LogP contribution in [-0.4, -0.2) is 40.4 Å². The van der Waals surface area contributed by atoms with Gasteiger partial charge in [-0.2, -0.15) is 0 Å². The summed E-state index contributed by atoms with van der Waals surface area (Å²) in [5.74, 6) is 2.69. The van der Waals surface area contributed by atoms with Gasteiger partial charge in [-0.25, -0.2) is 0 Å². The van der Waals surface area contributed by atoms with Crippen LogP contribution in [0.25, 0.3) is 0 Å². The van der Waals surface area contributed by atoms with Crippen LogP contribution in [0.2, 0.25) is 0 Å². The summed E-state index contributed by atoms with van der Waals surface area (Å²) in [5, 5.41) is 0. The first-order valence-corrected chi connectivity index (χ1v) is 7.73. The average molecular weight is 274 g/mol. The molecule has 4 heterocycles. The quantitative estimate of drug-likeness (QED) is 0.829. The fourth-order valence-electron chi connectivity index (χ4n) is 4.80. The molecule has 1 spiro atoms. The second kappa shape index (κ2) is 4.10. The predicted molar refractivity (Wildman–Crippen MR) is 75.1 cm³/mol. The van der Waals surface area contributed by atoms with Gasteiger partial charge in [0, 0.05) is 18.5 Å². The van der Waals surface area contributed by atoms with Crippen LogP contribution in [0.3, 0.4) is 0 Å². The van der Waals surface area contributed by atoms with E-state index < -0.39 is 0 Å². The summed E-state index contributed by atoms with van der Waals surface area (Å²) >= 11 is 0. The maximum absolute atomic E-state index is 13.0. The molecule has 0 aliphatic carbocycles. The molecule has 3 fully saturated rings. The summed E-state index contributed by atoms with van der Waals surface area (Å²) in [6.07, 6.45) is 3.38. The zero-order valence-corrected chi connectivity index (χ0v) is 12.3. The molecule has 0 saturated carbocycles. The summed E-state index contributed by atoms with van der Waals surface area (Å²) in [6.45, 7) is 6.85. The number of hydrogen-bond donors (Lipinski definition) is 0. The lowest BCUT2D eigenvalue weighted by Gasteiger charge is -2.32. The Morgan fingerprint density at radius 2 is 2.30 bits per heavy atom. The number of rotatable bonds is 2. The summed E-state index contributed by atoms with van der Waals surface area (Å²) in [4.78, 5) is 17.5. The molecule has 3 saturated heterocycles. The summed E-state index contributed by atoms with van der Waals surface area (Å²) in [5.41, 5.74) is -0.166. The molecule has 0 aromatic carbocycles. The minimum Gasteiger partial charge on any atom is -0.464 e. The van der Waals surface area contributed by atoms with Crippen LogP contribution in [0.15, 0.2) is 16.5 Å². The highest BCUT2D eigenvalue weighted by molar-refractivity contribution is 5.90. The maximum atomic E-state index is 13.0. The number of likely N-dealkylation sites (tertiary alicyclic amines) is 1. The molecule has 0 N–H and O–H groups in total. The largest absolute Gasteiger partial charge is 0.464 e. The van der Waals surface area contributed by atoms with E-state index in [4.69, 9.17) is 4.42 Å². The van der Waals surface area contributed by atoms with Crippen molar-refractivity contribution in [3.63, 3.8) is 0 Å². The van der Waals surface area contributed by atoms with E-state index in [1.807, 2.05) is 24.0 Å². The number of aryl methyl sites for hydroxylation is 1. The Balaban J connectivity index is 1.60. The normalized spacial score (nSPS) is 36.7. The number of amides is 1. The topological polar surface area (TPSA) is 36.7 Å². The van der Waals surface area contributed by atoms with Gasteiger partial charge in [0.25, 0.3) is 0 Å². The lowest BCUT2D eigenvalue weighted by Crippen LogP contribution is -2.50. The van der Waals surface area contributed by atoms with Crippen LogP contribution >= 0.6 is 0 Å². The van der Waals surface area contributed by atoms with Gasteiger partial charge in [-0.1, -0.05) is 0 Å². The lowest BCUT2D eigenvalue weighted by molar-refractivity contribution is -0.137. The van der Waals surface area contributed by atoms with Crippen molar-refractivity contribution in [3.05, 3.63) is 23.7 Å². The van der Waals surface area contributed by atoms with Crippen molar-refractivity contribution < 1.29 is 9.21 Å². The molecule has 4 heteroatoms. The summed E-state index contributed by atoms with van der Waals surface area (Å²) < 4.78 is 5.64. The Labute approximate surface area is 119 Å². The van der Waals surface area contributed by atoms with Gasteiger partial charge in [-0.15, -0.1) is 0 Å². The zero-order valence-electron chi connectivity index (χ0n) is 12.3. The van der Waals surface area contributed by atoms with Gasteiger partial charge in [-0.05, 0) is 51.8 Å². The second-order valence-electron chi connectivity index (χ2n) is 6.70. The van der Waals surface area contributed by atoms with Gasteiger partial charge in [-0.3, -0.25) is 9.69 Å². The molecule has 1 amide bonds. The molecule has 1 aromatic heterocycles. The first-order chi connectivity index (χ1) is 9.61. The highest BCUT2D eigenvalue weighted by Gasteiger charge is 2.64. The SMILES string of the molecule is Cc1ccc(CN2C[C@@H]3C[C@@H](C)N4CCC[C@@]34C2=O)o1. The minimum atomic E-state index is -0.166. The third kappa shape index (κ3) is 1.48. The van der Waals surface area contributed by atoms with E-state index >= 15 is 0 Å². The third-order valence-corrected chi connectivity index (χ3v) is 5.54. The number of furan rings is 1. The summed E-state index contributed by atoms with van der Waals surface area (Å²) in [7, 11) is 0. The van der Waals surface area contributed by atoms with E-state index in [1.165, 1.54) is 12.8 Å². The average Bonchev–Trinajstić information content (AvgIpc) is 3.11. The molecular formula is C16H22N2O2. The van der Waals surface area contributed by atoms with Crippen LogP contribution in [0.5, 0.6) is 0 Å². The van der Waals surface area contributed by atoms with Crippen LogP contribution in [-0.2, 0) is 11.3 Å². The predicted octanol–water partition coefficient (Wildman–Crippen LogP) is 2.17. The van der Waals surface area contributed by atoms with Crippen LogP contribution < -0.4 is 0 Å². The van der Waals surface area contributed by atoms with E-state index in [2.05, 4.69) is 11.8 Å². The highest BCUT2D eigenvalue weighted by Crippen LogP contribution is 2.51. The molecule has 3 aliphatic heterocycles. The van der Waals surface area contributed by atoms with Gasteiger partial charge in [0.2, 0.25) is 5.91 Å². The number of nitrogens with zero attached hydrogens (tertiary/aromatic N) is 2. The second-order valence-corrected chi connectivity index (χ2v) is 6.70. The van der Waals surface area contributed by atoms with Crippen LogP contribution in [0, 0.1) is 12.8 Å². The van der Waals surface area contributed by atoms with Gasteiger partial charge in [0.05, 0.1) is 6.54 Å². The fourth-order valence-corrected chi connectivity index (χ4v) is 4.80. The number of carbonyl (C=O) groups excluding carboxylic acids is 1. The molecule has 0 bridgehead atoms. The smallest absolute Gasteiger partial charge is 0.243 e. The summed E-state index contributed by atoms with van der Waals surface area (Å²) in [6, 6.07) is 4.53. The number of hydrogen-bond acceptors (Lipinski definition) is 3. The Morgan fingerprint density at radius 1 is 1.45 bits per heavy atom. The molecule has 3 aliphatic rings. The van der Waals surface area contributed by atoms with Gasteiger partial charge in [0.1, 0.15) is 17.1 Å². The van der Waals surface area contributed by atoms with E-state index in [9.17, 15) is 4.79 Å². The van der Waals surface area contributed by atoms with Gasteiger partial charge < -0.3 is 9.32 Å². The Kier molecular flexibility index (Phi) is 2.56. The Hall–Kier alpha value is -1.29. The first kappa shape index (κ1) is 12.5. The zero-order chi connectivity index (χ0) is 13.9.